The molecular weight excluding hydrogens is 270 g/mol. The van der Waals surface area contributed by atoms with E-state index in [-0.39, 0.29) is 0 Å². The summed E-state index contributed by atoms with van der Waals surface area (Å²) in [4.78, 5) is 4.98. The number of aromatic nitrogens is 2. The lowest BCUT2D eigenvalue weighted by Gasteiger charge is -2.01. The number of nitrogens with two attached hydrogens (primary N) is 1. The minimum absolute atomic E-state index is 0.685. The third kappa shape index (κ3) is 2.83. The molecule has 0 amide bonds. The largest absolute Gasteiger partial charge is 0.397 e. The molecule has 0 aliphatic carbocycles. The number of nitrogen functional groups attached to an aromatic ring is 1. The van der Waals surface area contributed by atoms with Crippen LogP contribution in [0.15, 0.2) is 64.3 Å². The molecule has 0 saturated heterocycles. The van der Waals surface area contributed by atoms with Gasteiger partial charge in [-0.2, -0.15) is 0 Å². The molecule has 2 aromatic heterocycles. The summed E-state index contributed by atoms with van der Waals surface area (Å²) in [6.45, 7) is 0. The van der Waals surface area contributed by atoms with Crippen LogP contribution in [0.5, 0.6) is 0 Å². The van der Waals surface area contributed by atoms with E-state index in [9.17, 15) is 0 Å². The molecule has 0 atom stereocenters. The van der Waals surface area contributed by atoms with Crippen LogP contribution in [0, 0.1) is 0 Å². The third-order valence-corrected chi connectivity index (χ3v) is 3.93. The highest BCUT2D eigenvalue weighted by molar-refractivity contribution is 7.98. The monoisotopic (exact) mass is 283 g/mol. The van der Waals surface area contributed by atoms with Crippen LogP contribution in [-0.2, 0) is 5.75 Å². The van der Waals surface area contributed by atoms with Crippen LogP contribution < -0.4 is 5.73 Å². The van der Waals surface area contributed by atoms with Gasteiger partial charge in [0, 0.05) is 28.5 Å². The Kier molecular flexibility index (Phi) is 3.69. The molecule has 0 aliphatic rings. The molecule has 100 valence electrons. The first-order valence-electron chi connectivity index (χ1n) is 6.16. The van der Waals surface area contributed by atoms with Gasteiger partial charge in [0.1, 0.15) is 0 Å². The second kappa shape index (κ2) is 5.79. The summed E-state index contributed by atoms with van der Waals surface area (Å²) >= 11 is 1.62. The molecule has 2 N–H and O–H groups in total. The van der Waals surface area contributed by atoms with Crippen molar-refractivity contribution < 1.29 is 4.52 Å². The first-order valence-corrected chi connectivity index (χ1v) is 7.15. The number of hydrogen-bond donors (Lipinski definition) is 1. The van der Waals surface area contributed by atoms with Crippen molar-refractivity contribution in [3.05, 3.63) is 60.6 Å². The molecular formula is C15H13N3OS. The average molecular weight is 283 g/mol. The summed E-state index contributed by atoms with van der Waals surface area (Å²) in [6.07, 6.45) is 3.39. The Morgan fingerprint density at radius 1 is 1.15 bits per heavy atom. The summed E-state index contributed by atoms with van der Waals surface area (Å²) in [5.74, 6) is 1.49. The quantitative estimate of drug-likeness (QED) is 0.741. The highest BCUT2D eigenvalue weighted by Crippen LogP contribution is 2.28. The van der Waals surface area contributed by atoms with Gasteiger partial charge in [-0.15, -0.1) is 11.8 Å². The van der Waals surface area contributed by atoms with Crippen LogP contribution >= 0.6 is 11.8 Å². The maximum absolute atomic E-state index is 5.85. The van der Waals surface area contributed by atoms with Gasteiger partial charge in [0.15, 0.2) is 5.76 Å². The number of benzene rings is 1. The third-order valence-electron chi connectivity index (χ3n) is 2.80. The lowest BCUT2D eigenvalue weighted by Crippen LogP contribution is -1.89. The molecule has 0 aliphatic heterocycles. The maximum atomic E-state index is 5.85. The van der Waals surface area contributed by atoms with E-state index in [2.05, 4.69) is 10.1 Å². The number of rotatable bonds is 4. The highest BCUT2D eigenvalue weighted by Gasteiger charge is 2.07. The van der Waals surface area contributed by atoms with Gasteiger partial charge in [-0.3, -0.25) is 4.98 Å². The number of pyridine rings is 1. The zero-order valence-electron chi connectivity index (χ0n) is 10.7. The van der Waals surface area contributed by atoms with E-state index in [0.29, 0.717) is 11.4 Å². The summed E-state index contributed by atoms with van der Waals surface area (Å²) < 4.78 is 5.36. The van der Waals surface area contributed by atoms with E-state index in [1.807, 2.05) is 42.5 Å². The van der Waals surface area contributed by atoms with Gasteiger partial charge in [-0.1, -0.05) is 35.5 Å². The Labute approximate surface area is 121 Å². The number of anilines is 1. The van der Waals surface area contributed by atoms with Crippen LogP contribution in [0.1, 0.15) is 5.69 Å². The molecule has 5 heteroatoms. The summed E-state index contributed by atoms with van der Waals surface area (Å²) in [6, 6.07) is 13.8. The molecule has 0 fully saturated rings. The maximum Gasteiger partial charge on any atom is 0.167 e. The smallest absolute Gasteiger partial charge is 0.167 e. The molecule has 0 saturated carbocycles. The topological polar surface area (TPSA) is 64.9 Å². The summed E-state index contributed by atoms with van der Waals surface area (Å²) in [5.41, 5.74) is 8.46. The van der Waals surface area contributed by atoms with E-state index in [1.165, 1.54) is 0 Å². The lowest BCUT2D eigenvalue weighted by molar-refractivity contribution is 0.426. The van der Waals surface area contributed by atoms with Gasteiger partial charge >= 0.3 is 0 Å². The lowest BCUT2D eigenvalue weighted by atomic mass is 10.2. The van der Waals surface area contributed by atoms with Crippen molar-refractivity contribution in [2.75, 3.05) is 5.73 Å². The normalized spacial score (nSPS) is 10.6. The standard InChI is InChI=1S/C15H13N3OS/c16-13-9-17-7-6-15(13)20-10-12-8-14(19-18-12)11-4-2-1-3-5-11/h1-9H,10,16H2. The Hall–Kier alpha value is -2.27. The van der Waals surface area contributed by atoms with Crippen LogP contribution in [0.2, 0.25) is 0 Å². The van der Waals surface area contributed by atoms with Crippen molar-refractivity contribution in [3.8, 4) is 11.3 Å². The number of thioether (sulfide) groups is 1. The molecule has 4 nitrogen and oxygen atoms in total. The number of hydrogen-bond acceptors (Lipinski definition) is 5. The predicted octanol–water partition coefficient (Wildman–Crippen LogP) is 3.61. The Morgan fingerprint density at radius 2 is 2.00 bits per heavy atom. The van der Waals surface area contributed by atoms with E-state index < -0.39 is 0 Å². The van der Waals surface area contributed by atoms with Crippen LogP contribution in [0.3, 0.4) is 0 Å². The van der Waals surface area contributed by atoms with Crippen molar-refractivity contribution >= 4 is 17.4 Å². The van der Waals surface area contributed by atoms with Crippen molar-refractivity contribution in [3.63, 3.8) is 0 Å². The molecule has 2 heterocycles. The van der Waals surface area contributed by atoms with E-state index in [4.69, 9.17) is 10.3 Å². The molecule has 1 aromatic carbocycles. The van der Waals surface area contributed by atoms with Gasteiger partial charge in [-0.25, -0.2) is 0 Å². The first-order chi connectivity index (χ1) is 9.83. The van der Waals surface area contributed by atoms with Crippen LogP contribution in [0.4, 0.5) is 5.69 Å². The highest BCUT2D eigenvalue weighted by atomic mass is 32.2. The fraction of sp³-hybridized carbons (Fsp3) is 0.0667. The minimum Gasteiger partial charge on any atom is -0.397 e. The predicted molar refractivity (Wildman–Crippen MR) is 80.1 cm³/mol. The van der Waals surface area contributed by atoms with E-state index >= 15 is 0 Å². The van der Waals surface area contributed by atoms with Gasteiger partial charge < -0.3 is 10.3 Å². The minimum atomic E-state index is 0.685. The molecule has 0 unspecified atom stereocenters. The van der Waals surface area contributed by atoms with Crippen LogP contribution in [0.25, 0.3) is 11.3 Å². The van der Waals surface area contributed by atoms with Crippen molar-refractivity contribution in [2.45, 2.75) is 10.6 Å². The van der Waals surface area contributed by atoms with Gasteiger partial charge in [0.25, 0.3) is 0 Å². The summed E-state index contributed by atoms with van der Waals surface area (Å²) in [7, 11) is 0. The number of nitrogens with zero attached hydrogens (tertiary/aromatic N) is 2. The summed E-state index contributed by atoms with van der Waals surface area (Å²) in [5, 5.41) is 4.09. The van der Waals surface area contributed by atoms with E-state index in [1.54, 1.807) is 24.2 Å². The Bertz CT molecular complexity index is 697. The van der Waals surface area contributed by atoms with Crippen molar-refractivity contribution in [2.24, 2.45) is 0 Å². The second-order valence-corrected chi connectivity index (χ2v) is 5.27. The molecule has 0 bridgehead atoms. The molecule has 3 rings (SSSR count). The fourth-order valence-corrected chi connectivity index (χ4v) is 2.61. The first kappa shape index (κ1) is 12.7. The Morgan fingerprint density at radius 3 is 2.80 bits per heavy atom. The van der Waals surface area contributed by atoms with E-state index in [0.717, 1.165) is 21.9 Å². The molecule has 20 heavy (non-hydrogen) atoms. The van der Waals surface area contributed by atoms with Gasteiger partial charge in [0.2, 0.25) is 0 Å². The molecule has 3 aromatic rings. The van der Waals surface area contributed by atoms with Gasteiger partial charge in [0.05, 0.1) is 17.6 Å². The molecule has 0 spiro atoms. The zero-order chi connectivity index (χ0) is 13.8. The average Bonchev–Trinajstić information content (AvgIpc) is 2.96. The molecule has 0 radical (unpaired) electrons. The van der Waals surface area contributed by atoms with Crippen LogP contribution in [-0.4, -0.2) is 10.1 Å². The second-order valence-electron chi connectivity index (χ2n) is 4.25. The SMILES string of the molecule is Nc1cnccc1SCc1cc(-c2ccccc2)on1. The Balaban J connectivity index is 1.71. The van der Waals surface area contributed by atoms with Crippen molar-refractivity contribution in [1.82, 2.24) is 10.1 Å². The van der Waals surface area contributed by atoms with Crippen molar-refractivity contribution in [1.29, 1.82) is 0 Å². The fourth-order valence-electron chi connectivity index (χ4n) is 1.80. The zero-order valence-corrected chi connectivity index (χ0v) is 11.5. The van der Waals surface area contributed by atoms with Gasteiger partial charge in [-0.05, 0) is 6.07 Å².